The Morgan fingerprint density at radius 2 is 2.05 bits per heavy atom. The monoisotopic (exact) mass is 305 g/mol. The minimum Gasteiger partial charge on any atom is -0.378 e. The van der Waals surface area contributed by atoms with Gasteiger partial charge in [0.05, 0.1) is 18.7 Å². The lowest BCUT2D eigenvalue weighted by Crippen LogP contribution is -2.43. The molecule has 122 valence electrons. The van der Waals surface area contributed by atoms with Crippen LogP contribution in [0.15, 0.2) is 0 Å². The van der Waals surface area contributed by atoms with Crippen molar-refractivity contribution in [3.05, 3.63) is 0 Å². The second-order valence-corrected chi connectivity index (χ2v) is 6.99. The number of nitrogens with zero attached hydrogens (tertiary/aromatic N) is 2. The summed E-state index contributed by atoms with van der Waals surface area (Å²) in [5.74, 6) is 1.62. The van der Waals surface area contributed by atoms with Crippen LogP contribution >= 0.6 is 0 Å². The number of nitriles is 1. The summed E-state index contributed by atoms with van der Waals surface area (Å²) in [4.78, 5) is 14.0. The van der Waals surface area contributed by atoms with E-state index in [9.17, 15) is 4.79 Å². The molecule has 22 heavy (non-hydrogen) atoms. The summed E-state index contributed by atoms with van der Waals surface area (Å²) in [6.07, 6.45) is 6.96. The van der Waals surface area contributed by atoms with E-state index in [4.69, 9.17) is 10.00 Å². The fourth-order valence-corrected chi connectivity index (χ4v) is 4.63. The molecule has 1 amide bonds. The molecule has 3 aliphatic rings. The first-order chi connectivity index (χ1) is 10.7. The highest BCUT2D eigenvalue weighted by atomic mass is 16.5. The molecule has 3 fully saturated rings. The van der Waals surface area contributed by atoms with E-state index in [2.05, 4.69) is 18.3 Å². The van der Waals surface area contributed by atoms with Crippen LogP contribution in [0.4, 0.5) is 0 Å². The Kier molecular flexibility index (Phi) is 5.00. The lowest BCUT2D eigenvalue weighted by atomic mass is 10.0. The van der Waals surface area contributed by atoms with Gasteiger partial charge in [0.25, 0.3) is 0 Å². The zero-order chi connectivity index (χ0) is 15.5. The Morgan fingerprint density at radius 3 is 2.68 bits per heavy atom. The molecular weight excluding hydrogens is 278 g/mol. The number of hydrogen-bond donors (Lipinski definition) is 1. The van der Waals surface area contributed by atoms with Crippen LogP contribution in [0.3, 0.4) is 0 Å². The molecule has 0 aromatic rings. The number of fused-ring (bicyclic) bond motifs is 1. The van der Waals surface area contributed by atoms with Gasteiger partial charge in [0.2, 0.25) is 5.91 Å². The highest BCUT2D eigenvalue weighted by Crippen LogP contribution is 2.45. The number of carbonyl (C=O) groups is 1. The first-order valence-electron chi connectivity index (χ1n) is 8.75. The average Bonchev–Trinajstić information content (AvgIpc) is 3.18. The van der Waals surface area contributed by atoms with Crippen LogP contribution in [0.2, 0.25) is 0 Å². The van der Waals surface area contributed by atoms with E-state index in [1.54, 1.807) is 4.90 Å². The zero-order valence-electron chi connectivity index (χ0n) is 13.5. The minimum absolute atomic E-state index is 0.0910. The van der Waals surface area contributed by atoms with Gasteiger partial charge in [-0.2, -0.15) is 5.26 Å². The molecule has 0 bridgehead atoms. The number of nitrogens with one attached hydrogen (secondary N) is 1. The summed E-state index contributed by atoms with van der Waals surface area (Å²) < 4.78 is 5.75. The molecule has 5 heteroatoms. The molecule has 1 aliphatic heterocycles. The average molecular weight is 305 g/mol. The zero-order valence-corrected chi connectivity index (χ0v) is 13.5. The molecule has 1 unspecified atom stereocenters. The van der Waals surface area contributed by atoms with Crippen molar-refractivity contribution in [1.82, 2.24) is 10.2 Å². The molecule has 0 aromatic carbocycles. The van der Waals surface area contributed by atoms with Crippen molar-refractivity contribution in [3.8, 4) is 6.07 Å². The SMILES string of the molecule is CCO[C@H]1C[C@H]2CC(NCC(=O)N3CCC[C@H]3C#N)C[C@H]2C1. The molecule has 3 rings (SSSR count). The molecular formula is C17H27N3O2. The van der Waals surface area contributed by atoms with Crippen LogP contribution in [0.25, 0.3) is 0 Å². The lowest BCUT2D eigenvalue weighted by molar-refractivity contribution is -0.130. The van der Waals surface area contributed by atoms with Crippen LogP contribution in [0.1, 0.15) is 45.4 Å². The van der Waals surface area contributed by atoms with Crippen molar-refractivity contribution in [2.24, 2.45) is 11.8 Å². The van der Waals surface area contributed by atoms with Crippen LogP contribution in [-0.2, 0) is 9.53 Å². The summed E-state index contributed by atoms with van der Waals surface area (Å²) in [5.41, 5.74) is 0. The summed E-state index contributed by atoms with van der Waals surface area (Å²) in [5, 5.41) is 12.5. The number of hydrogen-bond acceptors (Lipinski definition) is 4. The van der Waals surface area contributed by atoms with Crippen LogP contribution in [-0.4, -0.2) is 48.7 Å². The number of rotatable bonds is 5. The molecule has 5 nitrogen and oxygen atoms in total. The van der Waals surface area contributed by atoms with E-state index < -0.39 is 0 Å². The maximum absolute atomic E-state index is 12.2. The van der Waals surface area contributed by atoms with E-state index in [0.717, 1.165) is 37.8 Å². The third-order valence-corrected chi connectivity index (χ3v) is 5.64. The number of likely N-dealkylation sites (tertiary alicyclic amines) is 1. The van der Waals surface area contributed by atoms with Crippen molar-refractivity contribution in [2.45, 2.75) is 63.6 Å². The van der Waals surface area contributed by atoms with E-state index in [-0.39, 0.29) is 11.9 Å². The molecule has 2 aliphatic carbocycles. The van der Waals surface area contributed by atoms with E-state index in [1.807, 2.05) is 0 Å². The molecule has 0 radical (unpaired) electrons. The quantitative estimate of drug-likeness (QED) is 0.839. The summed E-state index contributed by atoms with van der Waals surface area (Å²) >= 11 is 0. The summed E-state index contributed by atoms with van der Waals surface area (Å²) in [6, 6.07) is 2.49. The van der Waals surface area contributed by atoms with Crippen LogP contribution in [0, 0.1) is 23.2 Å². The van der Waals surface area contributed by atoms with Crippen molar-refractivity contribution in [1.29, 1.82) is 5.26 Å². The van der Waals surface area contributed by atoms with E-state index in [0.29, 0.717) is 18.7 Å². The van der Waals surface area contributed by atoms with E-state index >= 15 is 0 Å². The van der Waals surface area contributed by atoms with Gasteiger partial charge >= 0.3 is 0 Å². The Hall–Kier alpha value is -1.12. The van der Waals surface area contributed by atoms with E-state index in [1.165, 1.54) is 25.7 Å². The third kappa shape index (κ3) is 3.28. The van der Waals surface area contributed by atoms with Crippen LogP contribution < -0.4 is 5.32 Å². The van der Waals surface area contributed by atoms with Crippen LogP contribution in [0.5, 0.6) is 0 Å². The summed E-state index contributed by atoms with van der Waals surface area (Å²) in [7, 11) is 0. The van der Waals surface area contributed by atoms with Crippen molar-refractivity contribution >= 4 is 5.91 Å². The van der Waals surface area contributed by atoms with Gasteiger partial charge in [0.1, 0.15) is 6.04 Å². The van der Waals surface area contributed by atoms with Crippen molar-refractivity contribution in [2.75, 3.05) is 19.7 Å². The minimum atomic E-state index is -0.204. The second-order valence-electron chi connectivity index (χ2n) is 6.99. The first kappa shape index (κ1) is 15.8. The van der Waals surface area contributed by atoms with Gasteiger partial charge in [0, 0.05) is 19.2 Å². The smallest absolute Gasteiger partial charge is 0.237 e. The first-order valence-corrected chi connectivity index (χ1v) is 8.75. The standard InChI is InChI=1S/C17H27N3O2/c1-2-22-16-8-12-6-14(7-13(12)9-16)19-11-17(21)20-5-3-4-15(20)10-18/h12-16,19H,2-9,11H2,1H3/t12-,13+,14?,15-,16+/m0/s1. The molecule has 2 saturated carbocycles. The lowest BCUT2D eigenvalue weighted by Gasteiger charge is -2.21. The Labute approximate surface area is 133 Å². The van der Waals surface area contributed by atoms with Crippen molar-refractivity contribution < 1.29 is 9.53 Å². The van der Waals surface area contributed by atoms with Gasteiger partial charge in [-0.05, 0) is 57.3 Å². The largest absolute Gasteiger partial charge is 0.378 e. The maximum Gasteiger partial charge on any atom is 0.237 e. The van der Waals surface area contributed by atoms with Gasteiger partial charge in [-0.25, -0.2) is 0 Å². The second kappa shape index (κ2) is 6.97. The number of amides is 1. The fourth-order valence-electron chi connectivity index (χ4n) is 4.63. The maximum atomic E-state index is 12.2. The molecule has 0 aromatic heterocycles. The van der Waals surface area contributed by atoms with Gasteiger partial charge in [-0.15, -0.1) is 0 Å². The van der Waals surface area contributed by atoms with Gasteiger partial charge in [0.15, 0.2) is 0 Å². The molecule has 1 N–H and O–H groups in total. The van der Waals surface area contributed by atoms with Crippen molar-refractivity contribution in [3.63, 3.8) is 0 Å². The molecule has 0 spiro atoms. The molecule has 5 atom stereocenters. The van der Waals surface area contributed by atoms with Gasteiger partial charge in [-0.3, -0.25) is 4.79 Å². The highest BCUT2D eigenvalue weighted by molar-refractivity contribution is 5.79. The predicted octanol–water partition coefficient (Wildman–Crippen LogP) is 1.68. The number of ether oxygens (including phenoxy) is 1. The fraction of sp³-hybridized carbons (Fsp3) is 0.882. The van der Waals surface area contributed by atoms with Gasteiger partial charge in [-0.1, -0.05) is 0 Å². The summed E-state index contributed by atoms with van der Waals surface area (Å²) in [6.45, 7) is 4.01. The normalized spacial score (nSPS) is 37.3. The predicted molar refractivity (Wildman–Crippen MR) is 83.0 cm³/mol. The Morgan fingerprint density at radius 1 is 1.32 bits per heavy atom. The molecule has 1 heterocycles. The topological polar surface area (TPSA) is 65.4 Å². The van der Waals surface area contributed by atoms with Gasteiger partial charge < -0.3 is 15.0 Å². The highest BCUT2D eigenvalue weighted by Gasteiger charge is 2.42. The Balaban J connectivity index is 1.41. The Bertz CT molecular complexity index is 434. The molecule has 1 saturated heterocycles. The third-order valence-electron chi connectivity index (χ3n) is 5.64. The number of carbonyl (C=O) groups excluding carboxylic acids is 1.